The third-order valence-electron chi connectivity index (χ3n) is 6.59. The summed E-state index contributed by atoms with van der Waals surface area (Å²) in [6, 6.07) is 23.2. The molecule has 0 aliphatic rings. The van der Waals surface area contributed by atoms with Gasteiger partial charge in [0.25, 0.3) is 0 Å². The van der Waals surface area contributed by atoms with Gasteiger partial charge in [-0.1, -0.05) is 68.4 Å². The third-order valence-corrected chi connectivity index (χ3v) is 7.73. The number of anilines is 1. The summed E-state index contributed by atoms with van der Waals surface area (Å²) in [6.45, 7) is 6.37. The van der Waals surface area contributed by atoms with Gasteiger partial charge in [-0.15, -0.1) is 0 Å². The zero-order valence-corrected chi connectivity index (χ0v) is 24.5. The second kappa shape index (κ2) is 14.5. The lowest BCUT2D eigenvalue weighted by Crippen LogP contribution is -2.52. The Hall–Kier alpha value is -3.85. The minimum absolute atomic E-state index is 0.188. The van der Waals surface area contributed by atoms with E-state index in [-0.39, 0.29) is 12.5 Å². The van der Waals surface area contributed by atoms with Crippen molar-refractivity contribution in [2.75, 3.05) is 23.7 Å². The molecule has 3 rings (SSSR count). The van der Waals surface area contributed by atoms with Crippen LogP contribution in [0.25, 0.3) is 0 Å². The van der Waals surface area contributed by atoms with Gasteiger partial charge in [-0.25, -0.2) is 8.42 Å². The normalized spacial score (nSPS) is 11.9. The molecule has 0 radical (unpaired) electrons. The summed E-state index contributed by atoms with van der Waals surface area (Å²) >= 11 is 0. The van der Waals surface area contributed by atoms with Gasteiger partial charge in [0.2, 0.25) is 21.8 Å². The first-order valence-electron chi connectivity index (χ1n) is 13.5. The number of sulfonamides is 1. The molecule has 0 unspecified atom stereocenters. The first kappa shape index (κ1) is 30.7. The average molecular weight is 566 g/mol. The van der Waals surface area contributed by atoms with E-state index in [2.05, 4.69) is 5.32 Å². The molecular weight excluding hydrogens is 526 g/mol. The van der Waals surface area contributed by atoms with E-state index in [1.165, 1.54) is 4.90 Å². The lowest BCUT2D eigenvalue weighted by molar-refractivity contribution is -0.140. The summed E-state index contributed by atoms with van der Waals surface area (Å²) in [5.74, 6) is -0.138. The van der Waals surface area contributed by atoms with Crippen LogP contribution in [0.2, 0.25) is 0 Å². The highest BCUT2D eigenvalue weighted by atomic mass is 32.2. The van der Waals surface area contributed by atoms with Gasteiger partial charge in [-0.2, -0.15) is 0 Å². The highest BCUT2D eigenvalue weighted by Crippen LogP contribution is 2.24. The molecule has 1 atom stereocenters. The molecule has 0 saturated carbocycles. The van der Waals surface area contributed by atoms with Crippen molar-refractivity contribution in [1.29, 1.82) is 0 Å². The number of nitrogens with zero attached hydrogens (tertiary/aromatic N) is 2. The van der Waals surface area contributed by atoms with E-state index in [0.29, 0.717) is 31.0 Å². The van der Waals surface area contributed by atoms with Crippen molar-refractivity contribution in [2.45, 2.75) is 52.8 Å². The Morgan fingerprint density at radius 3 is 2.17 bits per heavy atom. The molecule has 0 spiro atoms. The van der Waals surface area contributed by atoms with Crippen LogP contribution in [0.3, 0.4) is 0 Å². The first-order valence-corrected chi connectivity index (χ1v) is 15.3. The molecule has 214 valence electrons. The lowest BCUT2D eigenvalue weighted by Gasteiger charge is -2.33. The maximum Gasteiger partial charge on any atom is 0.244 e. The van der Waals surface area contributed by atoms with Crippen LogP contribution >= 0.6 is 0 Å². The molecule has 0 saturated heterocycles. The second-order valence-corrected chi connectivity index (χ2v) is 11.6. The summed E-state index contributed by atoms with van der Waals surface area (Å²) in [5.41, 5.74) is 3.22. The van der Waals surface area contributed by atoms with Crippen molar-refractivity contribution >= 4 is 27.5 Å². The highest BCUT2D eigenvalue weighted by Gasteiger charge is 2.31. The summed E-state index contributed by atoms with van der Waals surface area (Å²) < 4.78 is 32.6. The Morgan fingerprint density at radius 1 is 0.925 bits per heavy atom. The van der Waals surface area contributed by atoms with E-state index >= 15 is 0 Å². The maximum absolute atomic E-state index is 13.8. The number of aryl methyl sites for hydroxylation is 1. The predicted molar refractivity (Wildman–Crippen MR) is 159 cm³/mol. The Balaban J connectivity index is 1.85. The second-order valence-electron chi connectivity index (χ2n) is 9.70. The van der Waals surface area contributed by atoms with Crippen molar-refractivity contribution in [1.82, 2.24) is 10.2 Å². The lowest BCUT2D eigenvalue weighted by atomic mass is 10.1. The van der Waals surface area contributed by atoms with Gasteiger partial charge in [0.1, 0.15) is 24.9 Å². The van der Waals surface area contributed by atoms with Crippen LogP contribution in [0.1, 0.15) is 43.4 Å². The largest absolute Gasteiger partial charge is 0.489 e. The van der Waals surface area contributed by atoms with Crippen molar-refractivity contribution in [3.05, 3.63) is 95.6 Å². The minimum Gasteiger partial charge on any atom is -0.489 e. The third kappa shape index (κ3) is 8.58. The van der Waals surface area contributed by atoms with Gasteiger partial charge in [0.15, 0.2) is 0 Å². The van der Waals surface area contributed by atoms with Crippen molar-refractivity contribution in [3.8, 4) is 5.75 Å². The molecule has 8 nitrogen and oxygen atoms in total. The van der Waals surface area contributed by atoms with Crippen LogP contribution in [0.5, 0.6) is 5.75 Å². The maximum atomic E-state index is 13.8. The Morgan fingerprint density at radius 2 is 1.57 bits per heavy atom. The van der Waals surface area contributed by atoms with Gasteiger partial charge in [-0.3, -0.25) is 13.9 Å². The summed E-state index contributed by atoms with van der Waals surface area (Å²) in [4.78, 5) is 28.4. The van der Waals surface area contributed by atoms with Gasteiger partial charge in [0, 0.05) is 13.1 Å². The van der Waals surface area contributed by atoms with Crippen LogP contribution in [0.4, 0.5) is 5.69 Å². The van der Waals surface area contributed by atoms with Crippen molar-refractivity contribution < 1.29 is 22.7 Å². The fourth-order valence-corrected chi connectivity index (χ4v) is 5.17. The van der Waals surface area contributed by atoms with Crippen LogP contribution in [0, 0.1) is 6.92 Å². The number of carbonyl (C=O) groups excluding carboxylic acids is 2. The fraction of sp³-hybridized carbons (Fsp3) is 0.355. The van der Waals surface area contributed by atoms with E-state index in [0.717, 1.165) is 33.7 Å². The number of rotatable bonds is 14. The minimum atomic E-state index is -3.82. The molecule has 0 fully saturated rings. The zero-order valence-electron chi connectivity index (χ0n) is 23.7. The Labute approximate surface area is 238 Å². The summed E-state index contributed by atoms with van der Waals surface area (Å²) in [5, 5.41) is 2.89. The molecule has 0 bridgehead atoms. The van der Waals surface area contributed by atoms with Gasteiger partial charge in [0.05, 0.1) is 11.9 Å². The van der Waals surface area contributed by atoms with E-state index in [4.69, 9.17) is 4.74 Å². The molecule has 3 aromatic rings. The van der Waals surface area contributed by atoms with E-state index in [1.807, 2.05) is 75.4 Å². The molecule has 1 N–H and O–H groups in total. The fourth-order valence-electron chi connectivity index (χ4n) is 4.32. The monoisotopic (exact) mass is 565 g/mol. The number of ether oxygens (including phenoxy) is 1. The van der Waals surface area contributed by atoms with Crippen molar-refractivity contribution in [3.63, 3.8) is 0 Å². The zero-order chi connectivity index (χ0) is 29.1. The SMILES string of the molecule is CCCNC(=O)[C@H](CC)N(Cc1ccccc1C)C(=O)CN(c1ccc(OCc2ccccc2)cc1)S(C)(=O)=O. The molecule has 0 aliphatic carbocycles. The number of benzene rings is 3. The first-order chi connectivity index (χ1) is 19.1. The number of nitrogens with one attached hydrogen (secondary N) is 1. The molecule has 2 amide bonds. The van der Waals surface area contributed by atoms with Crippen LogP contribution in [-0.4, -0.2) is 50.5 Å². The number of amides is 2. The molecule has 40 heavy (non-hydrogen) atoms. The van der Waals surface area contributed by atoms with E-state index < -0.39 is 28.5 Å². The molecule has 0 heterocycles. The molecular formula is C31H39N3O5S. The van der Waals surface area contributed by atoms with E-state index in [1.54, 1.807) is 24.3 Å². The highest BCUT2D eigenvalue weighted by molar-refractivity contribution is 7.92. The smallest absolute Gasteiger partial charge is 0.244 e. The van der Waals surface area contributed by atoms with Gasteiger partial charge >= 0.3 is 0 Å². The number of hydrogen-bond acceptors (Lipinski definition) is 5. The Kier molecular flexibility index (Phi) is 11.1. The summed E-state index contributed by atoms with van der Waals surface area (Å²) in [6.07, 6.45) is 2.22. The number of hydrogen-bond donors (Lipinski definition) is 1. The van der Waals surface area contributed by atoms with Gasteiger partial charge in [-0.05, 0) is 60.7 Å². The number of carbonyl (C=O) groups is 2. The average Bonchev–Trinajstić information content (AvgIpc) is 2.94. The summed E-state index contributed by atoms with van der Waals surface area (Å²) in [7, 11) is -3.82. The van der Waals surface area contributed by atoms with Crippen LogP contribution < -0.4 is 14.4 Å². The quantitative estimate of drug-likeness (QED) is 0.306. The predicted octanol–water partition coefficient (Wildman–Crippen LogP) is 4.67. The molecule has 0 aromatic heterocycles. The van der Waals surface area contributed by atoms with Crippen molar-refractivity contribution in [2.24, 2.45) is 0 Å². The molecule has 3 aromatic carbocycles. The topological polar surface area (TPSA) is 96.0 Å². The van der Waals surface area contributed by atoms with Crippen LogP contribution in [-0.2, 0) is 32.8 Å². The van der Waals surface area contributed by atoms with Gasteiger partial charge < -0.3 is 15.0 Å². The standard InChI is InChI=1S/C31H39N3O5S/c1-5-20-32-31(36)29(6-2)33(21-26-15-11-10-12-24(26)3)30(35)22-34(40(4,37)38)27-16-18-28(19-17-27)39-23-25-13-8-7-9-14-25/h7-19,29H,5-6,20-23H2,1-4H3,(H,32,36)/t29-/m0/s1. The molecule has 9 heteroatoms. The van der Waals surface area contributed by atoms with Crippen LogP contribution in [0.15, 0.2) is 78.9 Å². The molecule has 0 aliphatic heterocycles. The van der Waals surface area contributed by atoms with E-state index in [9.17, 15) is 18.0 Å². The Bertz CT molecular complexity index is 1360.